The molecule has 3 aromatic rings. The molecule has 0 radical (unpaired) electrons. The smallest absolute Gasteiger partial charge is 0.248 e. The van der Waals surface area contributed by atoms with Crippen LogP contribution in [0.2, 0.25) is 0 Å². The number of nitrogens with one attached hydrogen (secondary N) is 1. The molecule has 0 saturated carbocycles. The lowest BCUT2D eigenvalue weighted by molar-refractivity contribution is -0.119. The minimum atomic E-state index is -0.547. The summed E-state index contributed by atoms with van der Waals surface area (Å²) in [4.78, 5) is 26.8. The van der Waals surface area contributed by atoms with Gasteiger partial charge in [-0.05, 0) is 47.9 Å². The fourth-order valence-corrected chi connectivity index (χ4v) is 3.76. The summed E-state index contributed by atoms with van der Waals surface area (Å²) in [7, 11) is 0. The predicted molar refractivity (Wildman–Crippen MR) is 115 cm³/mol. The number of anilines is 2. The SMILES string of the molecule is NC(=O)c1ccc2c(c1)NC(=O)C(Cc1ccc(F)cc1)CN2Cc1ccccc1. The Labute approximate surface area is 174 Å². The summed E-state index contributed by atoms with van der Waals surface area (Å²) in [6, 6.07) is 21.3. The molecule has 30 heavy (non-hydrogen) atoms. The molecule has 4 rings (SSSR count). The van der Waals surface area contributed by atoms with Gasteiger partial charge in [0.15, 0.2) is 0 Å². The zero-order chi connectivity index (χ0) is 21.1. The van der Waals surface area contributed by atoms with E-state index >= 15 is 0 Å². The zero-order valence-corrected chi connectivity index (χ0v) is 16.3. The van der Waals surface area contributed by atoms with E-state index in [4.69, 9.17) is 5.73 Å². The van der Waals surface area contributed by atoms with Crippen molar-refractivity contribution in [3.8, 4) is 0 Å². The Morgan fingerprint density at radius 2 is 1.77 bits per heavy atom. The van der Waals surface area contributed by atoms with E-state index in [0.717, 1.165) is 16.8 Å². The number of halogens is 1. The monoisotopic (exact) mass is 403 g/mol. The fraction of sp³-hybridized carbons (Fsp3) is 0.167. The van der Waals surface area contributed by atoms with Crippen molar-refractivity contribution in [1.82, 2.24) is 0 Å². The number of hydrogen-bond acceptors (Lipinski definition) is 3. The standard InChI is InChI=1S/C24H22FN3O2/c25-20-9-6-16(7-10-20)12-19-15-28(14-17-4-2-1-3-5-17)22-11-8-18(23(26)29)13-21(22)27-24(19)30/h1-11,13,19H,12,14-15H2,(H2,26,29)(H,27,30). The summed E-state index contributed by atoms with van der Waals surface area (Å²) in [5, 5.41) is 2.95. The zero-order valence-electron chi connectivity index (χ0n) is 16.3. The molecule has 3 aromatic carbocycles. The van der Waals surface area contributed by atoms with E-state index in [1.165, 1.54) is 12.1 Å². The maximum Gasteiger partial charge on any atom is 0.248 e. The summed E-state index contributed by atoms with van der Waals surface area (Å²) < 4.78 is 13.3. The lowest BCUT2D eigenvalue weighted by atomic mass is 9.97. The van der Waals surface area contributed by atoms with Gasteiger partial charge in [0.25, 0.3) is 0 Å². The number of carbonyl (C=O) groups excluding carboxylic acids is 2. The molecule has 1 aliphatic rings. The maximum absolute atomic E-state index is 13.3. The summed E-state index contributed by atoms with van der Waals surface area (Å²) in [6.07, 6.45) is 0.480. The van der Waals surface area contributed by atoms with Crippen LogP contribution in [0.3, 0.4) is 0 Å². The van der Waals surface area contributed by atoms with Crippen LogP contribution in [0, 0.1) is 11.7 Å². The highest BCUT2D eigenvalue weighted by atomic mass is 19.1. The number of benzene rings is 3. The van der Waals surface area contributed by atoms with Crippen molar-refractivity contribution < 1.29 is 14.0 Å². The van der Waals surface area contributed by atoms with Gasteiger partial charge in [0.2, 0.25) is 11.8 Å². The second-order valence-corrected chi connectivity index (χ2v) is 7.48. The van der Waals surface area contributed by atoms with Crippen molar-refractivity contribution in [2.75, 3.05) is 16.8 Å². The molecule has 0 saturated heterocycles. The van der Waals surface area contributed by atoms with E-state index in [1.54, 1.807) is 24.3 Å². The third-order valence-electron chi connectivity index (χ3n) is 5.30. The summed E-state index contributed by atoms with van der Waals surface area (Å²) in [5.74, 6) is -1.34. The van der Waals surface area contributed by atoms with E-state index < -0.39 is 5.91 Å². The number of rotatable bonds is 5. The molecule has 0 spiro atoms. The molecule has 0 aromatic heterocycles. The maximum atomic E-state index is 13.3. The summed E-state index contributed by atoms with van der Waals surface area (Å²) in [6.45, 7) is 1.10. The van der Waals surface area contributed by atoms with Gasteiger partial charge < -0.3 is 16.0 Å². The van der Waals surface area contributed by atoms with Crippen molar-refractivity contribution >= 4 is 23.2 Å². The molecule has 0 fully saturated rings. The Hall–Kier alpha value is -3.67. The first kappa shape index (κ1) is 19.6. The van der Waals surface area contributed by atoms with Gasteiger partial charge in [-0.1, -0.05) is 42.5 Å². The third kappa shape index (κ3) is 4.33. The van der Waals surface area contributed by atoms with Gasteiger partial charge in [-0.25, -0.2) is 4.39 Å². The molecule has 2 amide bonds. The Kier molecular flexibility index (Phi) is 5.48. The summed E-state index contributed by atoms with van der Waals surface area (Å²) >= 11 is 0. The molecule has 5 nitrogen and oxygen atoms in total. The topological polar surface area (TPSA) is 75.4 Å². The first-order chi connectivity index (χ1) is 14.5. The molecule has 0 aliphatic carbocycles. The quantitative estimate of drug-likeness (QED) is 0.681. The van der Waals surface area contributed by atoms with Crippen molar-refractivity contribution in [2.45, 2.75) is 13.0 Å². The summed E-state index contributed by atoms with van der Waals surface area (Å²) in [5.41, 5.74) is 9.16. The van der Waals surface area contributed by atoms with Gasteiger partial charge in [-0.15, -0.1) is 0 Å². The number of primary amides is 1. The normalized spacial score (nSPS) is 15.8. The lowest BCUT2D eigenvalue weighted by Crippen LogP contribution is -2.33. The number of nitrogens with two attached hydrogens (primary N) is 1. The van der Waals surface area contributed by atoms with Crippen LogP contribution in [-0.4, -0.2) is 18.4 Å². The number of fused-ring (bicyclic) bond motifs is 1. The molecule has 6 heteroatoms. The molecular formula is C24H22FN3O2. The molecule has 0 bridgehead atoms. The van der Waals surface area contributed by atoms with Crippen LogP contribution < -0.4 is 16.0 Å². The van der Waals surface area contributed by atoms with Crippen LogP contribution in [0.4, 0.5) is 15.8 Å². The van der Waals surface area contributed by atoms with Gasteiger partial charge in [-0.3, -0.25) is 9.59 Å². The van der Waals surface area contributed by atoms with E-state index in [2.05, 4.69) is 10.2 Å². The fourth-order valence-electron chi connectivity index (χ4n) is 3.76. The molecule has 3 N–H and O–H groups in total. The number of hydrogen-bond donors (Lipinski definition) is 2. The largest absolute Gasteiger partial charge is 0.366 e. The molecule has 1 unspecified atom stereocenters. The Bertz CT molecular complexity index is 1070. The van der Waals surface area contributed by atoms with E-state index in [-0.39, 0.29) is 17.6 Å². The minimum absolute atomic E-state index is 0.141. The van der Waals surface area contributed by atoms with Crippen LogP contribution in [0.15, 0.2) is 72.8 Å². The van der Waals surface area contributed by atoms with E-state index in [1.807, 2.05) is 36.4 Å². The highest BCUT2D eigenvalue weighted by molar-refractivity contribution is 6.01. The number of carbonyl (C=O) groups is 2. The molecular weight excluding hydrogens is 381 g/mol. The van der Waals surface area contributed by atoms with Gasteiger partial charge >= 0.3 is 0 Å². The first-order valence-electron chi connectivity index (χ1n) is 9.77. The van der Waals surface area contributed by atoms with Crippen molar-refractivity contribution in [2.24, 2.45) is 11.7 Å². The average Bonchev–Trinajstić information content (AvgIpc) is 2.86. The van der Waals surface area contributed by atoms with Gasteiger partial charge in [0, 0.05) is 18.7 Å². The molecule has 1 atom stereocenters. The van der Waals surface area contributed by atoms with Gasteiger partial charge in [0.1, 0.15) is 5.82 Å². The molecule has 1 aliphatic heterocycles. The Morgan fingerprint density at radius 1 is 1.03 bits per heavy atom. The van der Waals surface area contributed by atoms with Crippen LogP contribution in [0.5, 0.6) is 0 Å². The Morgan fingerprint density at radius 3 is 2.47 bits per heavy atom. The third-order valence-corrected chi connectivity index (χ3v) is 5.30. The van der Waals surface area contributed by atoms with Crippen LogP contribution >= 0.6 is 0 Å². The highest BCUT2D eigenvalue weighted by Crippen LogP contribution is 2.33. The van der Waals surface area contributed by atoms with Crippen LogP contribution in [0.1, 0.15) is 21.5 Å². The number of nitrogens with zero attached hydrogens (tertiary/aromatic N) is 1. The van der Waals surface area contributed by atoms with Crippen molar-refractivity contribution in [3.05, 3.63) is 95.3 Å². The second-order valence-electron chi connectivity index (χ2n) is 7.48. The minimum Gasteiger partial charge on any atom is -0.366 e. The highest BCUT2D eigenvalue weighted by Gasteiger charge is 2.29. The Balaban J connectivity index is 1.68. The lowest BCUT2D eigenvalue weighted by Gasteiger charge is -2.27. The van der Waals surface area contributed by atoms with Crippen molar-refractivity contribution in [3.63, 3.8) is 0 Å². The first-order valence-corrected chi connectivity index (χ1v) is 9.77. The molecule has 1 heterocycles. The predicted octanol–water partition coefficient (Wildman–Crippen LogP) is 3.74. The van der Waals surface area contributed by atoms with Crippen LogP contribution in [-0.2, 0) is 17.8 Å². The van der Waals surface area contributed by atoms with Crippen LogP contribution in [0.25, 0.3) is 0 Å². The van der Waals surface area contributed by atoms with E-state index in [9.17, 15) is 14.0 Å². The van der Waals surface area contributed by atoms with Gasteiger partial charge in [-0.2, -0.15) is 0 Å². The van der Waals surface area contributed by atoms with Gasteiger partial charge in [0.05, 0.1) is 17.3 Å². The van der Waals surface area contributed by atoms with E-state index in [0.29, 0.717) is 30.8 Å². The van der Waals surface area contributed by atoms with Crippen molar-refractivity contribution in [1.29, 1.82) is 0 Å². The number of amides is 2. The average molecular weight is 403 g/mol. The second kappa shape index (κ2) is 8.37. The molecule has 152 valence electrons.